The molecule has 1 amide bonds. The highest BCUT2D eigenvalue weighted by Gasteiger charge is 2.15. The van der Waals surface area contributed by atoms with Crippen molar-refractivity contribution in [1.29, 1.82) is 0 Å². The molecule has 1 aliphatic carbocycles. The molecule has 2 rings (SSSR count). The van der Waals surface area contributed by atoms with Gasteiger partial charge in [-0.1, -0.05) is 12.8 Å². The van der Waals surface area contributed by atoms with Crippen molar-refractivity contribution in [2.24, 2.45) is 5.84 Å². The zero-order chi connectivity index (χ0) is 13.5. The molecule has 1 aromatic rings. The second kappa shape index (κ2) is 7.01. The van der Waals surface area contributed by atoms with Gasteiger partial charge in [-0.15, -0.1) is 0 Å². The van der Waals surface area contributed by atoms with Gasteiger partial charge >= 0.3 is 0 Å². The average Bonchev–Trinajstić information content (AvgIpc) is 2.96. The Morgan fingerprint density at radius 3 is 2.95 bits per heavy atom. The Balaban J connectivity index is 1.71. The molecule has 1 saturated carbocycles. The van der Waals surface area contributed by atoms with E-state index in [9.17, 15) is 4.79 Å². The maximum absolute atomic E-state index is 11.8. The Morgan fingerprint density at radius 1 is 1.42 bits per heavy atom. The van der Waals surface area contributed by atoms with Gasteiger partial charge in [0.15, 0.2) is 5.82 Å². The van der Waals surface area contributed by atoms with Gasteiger partial charge in [0.25, 0.3) is 5.91 Å². The number of hydrogen-bond donors (Lipinski definition) is 3. The van der Waals surface area contributed by atoms with Crippen LogP contribution in [0.4, 0.5) is 5.82 Å². The number of carbonyl (C=O) groups is 1. The van der Waals surface area contributed by atoms with E-state index in [1.54, 1.807) is 0 Å². The molecule has 1 heterocycles. The van der Waals surface area contributed by atoms with Crippen molar-refractivity contribution >= 4 is 11.7 Å². The number of ether oxygens (including phenoxy) is 1. The Bertz CT molecular complexity index is 420. The average molecular weight is 265 g/mol. The fraction of sp³-hybridized carbons (Fsp3) is 0.583. The van der Waals surface area contributed by atoms with Crippen LogP contribution in [0.1, 0.15) is 36.2 Å². The molecule has 0 atom stereocenters. The van der Waals surface area contributed by atoms with E-state index in [2.05, 4.69) is 20.7 Å². The van der Waals surface area contributed by atoms with Gasteiger partial charge in [0, 0.05) is 6.54 Å². The third-order valence-electron chi connectivity index (χ3n) is 3.06. The van der Waals surface area contributed by atoms with E-state index in [1.165, 1.54) is 25.2 Å². The Kier molecular flexibility index (Phi) is 5.05. The molecule has 7 nitrogen and oxygen atoms in total. The predicted molar refractivity (Wildman–Crippen MR) is 70.4 cm³/mol. The number of nitrogens with one attached hydrogen (secondary N) is 2. The van der Waals surface area contributed by atoms with Gasteiger partial charge < -0.3 is 15.5 Å². The van der Waals surface area contributed by atoms with Crippen molar-refractivity contribution in [2.45, 2.75) is 31.8 Å². The Labute approximate surface area is 111 Å². The lowest BCUT2D eigenvalue weighted by Gasteiger charge is -2.11. The molecule has 1 aliphatic rings. The molecule has 0 bridgehead atoms. The van der Waals surface area contributed by atoms with E-state index < -0.39 is 0 Å². The standard InChI is InChI=1S/C12H19N5O2/c13-17-11-8-14-7-10(16-11)12(18)15-5-6-19-9-3-1-2-4-9/h7-9H,1-6,13H2,(H,15,18)(H,16,17). The zero-order valence-corrected chi connectivity index (χ0v) is 10.8. The summed E-state index contributed by atoms with van der Waals surface area (Å²) in [6, 6.07) is 0. The molecule has 0 aromatic carbocycles. The van der Waals surface area contributed by atoms with Crippen LogP contribution in [0.25, 0.3) is 0 Å². The zero-order valence-electron chi connectivity index (χ0n) is 10.8. The molecule has 0 radical (unpaired) electrons. The van der Waals surface area contributed by atoms with Gasteiger partial charge in [-0.25, -0.2) is 10.8 Å². The quantitative estimate of drug-likeness (QED) is 0.392. The second-order valence-corrected chi connectivity index (χ2v) is 4.47. The highest BCUT2D eigenvalue weighted by Crippen LogP contribution is 2.20. The number of nitrogen functional groups attached to an aromatic ring is 1. The summed E-state index contributed by atoms with van der Waals surface area (Å²) in [7, 11) is 0. The van der Waals surface area contributed by atoms with Crippen LogP contribution in [0.15, 0.2) is 12.4 Å². The van der Waals surface area contributed by atoms with Gasteiger partial charge in [-0.2, -0.15) is 0 Å². The van der Waals surface area contributed by atoms with E-state index >= 15 is 0 Å². The van der Waals surface area contributed by atoms with Crippen molar-refractivity contribution < 1.29 is 9.53 Å². The Morgan fingerprint density at radius 2 is 2.21 bits per heavy atom. The summed E-state index contributed by atoms with van der Waals surface area (Å²) in [5.74, 6) is 5.28. The summed E-state index contributed by atoms with van der Waals surface area (Å²) in [5, 5.41) is 2.74. The van der Waals surface area contributed by atoms with Crippen LogP contribution in [-0.4, -0.2) is 35.1 Å². The summed E-state index contributed by atoms with van der Waals surface area (Å²) in [4.78, 5) is 19.6. The molecule has 0 aliphatic heterocycles. The van der Waals surface area contributed by atoms with E-state index in [0.29, 0.717) is 25.1 Å². The molecular formula is C12H19N5O2. The first-order valence-corrected chi connectivity index (χ1v) is 6.48. The summed E-state index contributed by atoms with van der Waals surface area (Å²) < 4.78 is 5.65. The van der Waals surface area contributed by atoms with Crippen molar-refractivity contribution in [1.82, 2.24) is 15.3 Å². The number of carbonyl (C=O) groups excluding carboxylic acids is 1. The number of rotatable bonds is 6. The maximum atomic E-state index is 11.8. The summed E-state index contributed by atoms with van der Waals surface area (Å²) in [6.07, 6.45) is 7.94. The number of aromatic nitrogens is 2. The summed E-state index contributed by atoms with van der Waals surface area (Å²) >= 11 is 0. The third kappa shape index (κ3) is 4.15. The van der Waals surface area contributed by atoms with Crippen LogP contribution >= 0.6 is 0 Å². The lowest BCUT2D eigenvalue weighted by molar-refractivity contribution is 0.0581. The van der Waals surface area contributed by atoms with Crippen molar-refractivity contribution in [2.75, 3.05) is 18.6 Å². The van der Waals surface area contributed by atoms with Crippen LogP contribution < -0.4 is 16.6 Å². The van der Waals surface area contributed by atoms with Gasteiger partial charge in [0.1, 0.15) is 5.69 Å². The Hall–Kier alpha value is -1.73. The lowest BCUT2D eigenvalue weighted by Crippen LogP contribution is -2.29. The molecule has 104 valence electrons. The van der Waals surface area contributed by atoms with Gasteiger partial charge in [-0.05, 0) is 12.8 Å². The molecule has 1 aromatic heterocycles. The number of hydrogen-bond acceptors (Lipinski definition) is 6. The van der Waals surface area contributed by atoms with E-state index in [4.69, 9.17) is 10.6 Å². The molecular weight excluding hydrogens is 246 g/mol. The van der Waals surface area contributed by atoms with Crippen molar-refractivity contribution in [3.05, 3.63) is 18.1 Å². The minimum absolute atomic E-state index is 0.233. The van der Waals surface area contributed by atoms with E-state index in [0.717, 1.165) is 12.8 Å². The lowest BCUT2D eigenvalue weighted by atomic mass is 10.3. The van der Waals surface area contributed by atoms with Crippen molar-refractivity contribution in [3.63, 3.8) is 0 Å². The molecule has 1 fully saturated rings. The van der Waals surface area contributed by atoms with Crippen molar-refractivity contribution in [3.8, 4) is 0 Å². The summed E-state index contributed by atoms with van der Waals surface area (Å²) in [6.45, 7) is 0.996. The van der Waals surface area contributed by atoms with Crippen LogP contribution in [0.3, 0.4) is 0 Å². The monoisotopic (exact) mass is 265 g/mol. The molecule has 0 saturated heterocycles. The first kappa shape index (κ1) is 13.7. The first-order chi connectivity index (χ1) is 9.29. The highest BCUT2D eigenvalue weighted by molar-refractivity contribution is 5.92. The van der Waals surface area contributed by atoms with Crippen LogP contribution in [0.5, 0.6) is 0 Å². The number of nitrogens with zero attached hydrogens (tertiary/aromatic N) is 2. The molecule has 0 spiro atoms. The van der Waals surface area contributed by atoms with Gasteiger partial charge in [-0.3, -0.25) is 9.78 Å². The molecule has 4 N–H and O–H groups in total. The van der Waals surface area contributed by atoms with Gasteiger partial charge in [0.2, 0.25) is 0 Å². The van der Waals surface area contributed by atoms with E-state index in [1.807, 2.05) is 0 Å². The molecule has 19 heavy (non-hydrogen) atoms. The van der Waals surface area contributed by atoms with E-state index in [-0.39, 0.29) is 11.6 Å². The molecule has 0 unspecified atom stereocenters. The number of anilines is 1. The van der Waals surface area contributed by atoms with Crippen LogP contribution in [0.2, 0.25) is 0 Å². The largest absolute Gasteiger partial charge is 0.376 e. The topological polar surface area (TPSA) is 102 Å². The first-order valence-electron chi connectivity index (χ1n) is 6.48. The smallest absolute Gasteiger partial charge is 0.271 e. The molecule has 7 heteroatoms. The maximum Gasteiger partial charge on any atom is 0.271 e. The highest BCUT2D eigenvalue weighted by atomic mass is 16.5. The second-order valence-electron chi connectivity index (χ2n) is 4.47. The minimum Gasteiger partial charge on any atom is -0.376 e. The number of amides is 1. The predicted octanol–water partition coefficient (Wildman–Crippen LogP) is 0.451. The third-order valence-corrected chi connectivity index (χ3v) is 3.06. The minimum atomic E-state index is -0.278. The summed E-state index contributed by atoms with van der Waals surface area (Å²) in [5.41, 5.74) is 2.58. The number of hydrazine groups is 1. The SMILES string of the molecule is NNc1cncc(C(=O)NCCOC2CCCC2)n1. The van der Waals surface area contributed by atoms with Gasteiger partial charge in [0.05, 0.1) is 25.1 Å². The fourth-order valence-electron chi connectivity index (χ4n) is 2.08. The van der Waals surface area contributed by atoms with Crippen LogP contribution in [0, 0.1) is 0 Å². The number of nitrogens with two attached hydrogens (primary N) is 1. The van der Waals surface area contributed by atoms with Crippen LogP contribution in [-0.2, 0) is 4.74 Å². The fourth-order valence-corrected chi connectivity index (χ4v) is 2.08. The normalized spacial score (nSPS) is 15.4.